The van der Waals surface area contributed by atoms with E-state index < -0.39 is 0 Å². The molecule has 3 heteroatoms. The van der Waals surface area contributed by atoms with E-state index in [-0.39, 0.29) is 0 Å². The fraction of sp³-hybridized carbons (Fsp3) is 0.667. The molecule has 0 bridgehead atoms. The first-order valence-electron chi connectivity index (χ1n) is 8.39. The van der Waals surface area contributed by atoms with Crippen molar-refractivity contribution in [1.29, 1.82) is 0 Å². The summed E-state index contributed by atoms with van der Waals surface area (Å²) in [5.41, 5.74) is 1.37. The van der Waals surface area contributed by atoms with Gasteiger partial charge in [0.25, 0.3) is 0 Å². The van der Waals surface area contributed by atoms with E-state index in [1.165, 1.54) is 12.0 Å². The SMILES string of the molecule is CCCNC(CCN1CCC(C)C1CO)c1ccccc1. The van der Waals surface area contributed by atoms with Crippen LogP contribution in [0.15, 0.2) is 30.3 Å². The van der Waals surface area contributed by atoms with Gasteiger partial charge < -0.3 is 10.4 Å². The quantitative estimate of drug-likeness (QED) is 0.773. The molecule has 0 aromatic heterocycles. The van der Waals surface area contributed by atoms with Gasteiger partial charge in [-0.15, -0.1) is 0 Å². The van der Waals surface area contributed by atoms with Gasteiger partial charge in [-0.2, -0.15) is 0 Å². The minimum atomic E-state index is 0.291. The number of benzene rings is 1. The molecular weight excluding hydrogens is 260 g/mol. The van der Waals surface area contributed by atoms with Crippen LogP contribution in [0.3, 0.4) is 0 Å². The maximum Gasteiger partial charge on any atom is 0.0589 e. The maximum atomic E-state index is 9.57. The van der Waals surface area contributed by atoms with E-state index in [1.807, 2.05) is 0 Å². The fourth-order valence-electron chi connectivity index (χ4n) is 3.35. The predicted molar refractivity (Wildman–Crippen MR) is 88.3 cm³/mol. The zero-order valence-corrected chi connectivity index (χ0v) is 13.5. The molecule has 0 amide bonds. The van der Waals surface area contributed by atoms with Crippen LogP contribution in [0.2, 0.25) is 0 Å². The van der Waals surface area contributed by atoms with Crippen molar-refractivity contribution in [2.45, 2.75) is 45.2 Å². The van der Waals surface area contributed by atoms with E-state index in [0.717, 1.165) is 32.5 Å². The zero-order valence-electron chi connectivity index (χ0n) is 13.5. The van der Waals surface area contributed by atoms with Crippen molar-refractivity contribution in [2.24, 2.45) is 5.92 Å². The van der Waals surface area contributed by atoms with Crippen molar-refractivity contribution >= 4 is 0 Å². The topological polar surface area (TPSA) is 35.5 Å². The minimum Gasteiger partial charge on any atom is -0.395 e. The van der Waals surface area contributed by atoms with Crippen molar-refractivity contribution in [3.8, 4) is 0 Å². The van der Waals surface area contributed by atoms with Gasteiger partial charge in [-0.25, -0.2) is 0 Å². The second-order valence-corrected chi connectivity index (χ2v) is 6.26. The number of hydrogen-bond acceptors (Lipinski definition) is 3. The Kier molecular flexibility index (Phi) is 6.68. The lowest BCUT2D eigenvalue weighted by atomic mass is 10.0. The van der Waals surface area contributed by atoms with Crippen molar-refractivity contribution < 1.29 is 5.11 Å². The molecule has 0 radical (unpaired) electrons. The standard InChI is InChI=1S/C18H30N2O/c1-3-11-19-17(16-7-5-4-6-8-16)10-13-20-12-9-15(2)18(20)14-21/h4-8,15,17-19,21H,3,9-14H2,1-2H3. The van der Waals surface area contributed by atoms with Gasteiger partial charge >= 0.3 is 0 Å². The Morgan fingerprint density at radius 2 is 2.10 bits per heavy atom. The average molecular weight is 290 g/mol. The molecule has 3 nitrogen and oxygen atoms in total. The van der Waals surface area contributed by atoms with Crippen molar-refractivity contribution in [3.63, 3.8) is 0 Å². The van der Waals surface area contributed by atoms with E-state index >= 15 is 0 Å². The van der Waals surface area contributed by atoms with Gasteiger partial charge in [0.05, 0.1) is 6.61 Å². The lowest BCUT2D eigenvalue weighted by molar-refractivity contribution is 0.135. The summed E-state index contributed by atoms with van der Waals surface area (Å²) >= 11 is 0. The summed E-state index contributed by atoms with van der Waals surface area (Å²) in [6.07, 6.45) is 3.47. The number of hydrogen-bond donors (Lipinski definition) is 2. The third kappa shape index (κ3) is 4.53. The number of rotatable bonds is 8. The van der Waals surface area contributed by atoms with E-state index in [1.54, 1.807) is 0 Å². The van der Waals surface area contributed by atoms with Crippen LogP contribution in [-0.4, -0.2) is 42.3 Å². The summed E-state index contributed by atoms with van der Waals surface area (Å²) < 4.78 is 0. The summed E-state index contributed by atoms with van der Waals surface area (Å²) in [6.45, 7) is 8.00. The van der Waals surface area contributed by atoms with E-state index in [0.29, 0.717) is 24.6 Å². The van der Waals surface area contributed by atoms with Gasteiger partial charge in [-0.05, 0) is 43.8 Å². The minimum absolute atomic E-state index is 0.291. The van der Waals surface area contributed by atoms with Crippen LogP contribution in [0, 0.1) is 5.92 Å². The summed E-state index contributed by atoms with van der Waals surface area (Å²) in [5.74, 6) is 0.619. The van der Waals surface area contributed by atoms with Crippen LogP contribution in [0.4, 0.5) is 0 Å². The highest BCUT2D eigenvalue weighted by Gasteiger charge is 2.30. The van der Waals surface area contributed by atoms with Crippen molar-refractivity contribution in [1.82, 2.24) is 10.2 Å². The monoisotopic (exact) mass is 290 g/mol. The van der Waals surface area contributed by atoms with Gasteiger partial charge in [-0.3, -0.25) is 4.90 Å². The van der Waals surface area contributed by atoms with Gasteiger partial charge in [0.15, 0.2) is 0 Å². The highest BCUT2D eigenvalue weighted by Crippen LogP contribution is 2.25. The Labute approximate surface area is 129 Å². The molecule has 1 aromatic rings. The lowest BCUT2D eigenvalue weighted by Crippen LogP contribution is -2.37. The molecule has 0 spiro atoms. The summed E-state index contributed by atoms with van der Waals surface area (Å²) in [5, 5.41) is 13.2. The number of likely N-dealkylation sites (tertiary alicyclic amines) is 1. The smallest absolute Gasteiger partial charge is 0.0589 e. The first-order chi connectivity index (χ1) is 10.3. The van der Waals surface area contributed by atoms with Gasteiger partial charge in [-0.1, -0.05) is 44.2 Å². The Morgan fingerprint density at radius 1 is 1.33 bits per heavy atom. The molecule has 0 aliphatic carbocycles. The molecule has 118 valence electrons. The highest BCUT2D eigenvalue weighted by atomic mass is 16.3. The first kappa shape index (κ1) is 16.5. The third-order valence-electron chi connectivity index (χ3n) is 4.73. The number of nitrogens with zero attached hydrogens (tertiary/aromatic N) is 1. The molecule has 1 aliphatic rings. The number of nitrogens with one attached hydrogen (secondary N) is 1. The molecule has 1 heterocycles. The van der Waals surface area contributed by atoms with E-state index in [2.05, 4.69) is 54.4 Å². The third-order valence-corrected chi connectivity index (χ3v) is 4.73. The molecular formula is C18H30N2O. The molecule has 2 rings (SSSR count). The molecule has 3 unspecified atom stereocenters. The van der Waals surface area contributed by atoms with Crippen LogP contribution >= 0.6 is 0 Å². The number of aliphatic hydroxyl groups is 1. The van der Waals surface area contributed by atoms with Crippen molar-refractivity contribution in [2.75, 3.05) is 26.2 Å². The van der Waals surface area contributed by atoms with E-state index in [4.69, 9.17) is 0 Å². The maximum absolute atomic E-state index is 9.57. The van der Waals surface area contributed by atoms with Crippen LogP contribution in [-0.2, 0) is 0 Å². The van der Waals surface area contributed by atoms with Crippen LogP contribution in [0.5, 0.6) is 0 Å². The average Bonchev–Trinajstić information content (AvgIpc) is 2.88. The Bertz CT molecular complexity index is 395. The summed E-state index contributed by atoms with van der Waals surface area (Å²) in [4.78, 5) is 2.47. The Morgan fingerprint density at radius 3 is 2.76 bits per heavy atom. The molecule has 1 saturated heterocycles. The first-order valence-corrected chi connectivity index (χ1v) is 8.39. The highest BCUT2D eigenvalue weighted by molar-refractivity contribution is 5.18. The normalized spacial score (nSPS) is 24.3. The van der Waals surface area contributed by atoms with Crippen LogP contribution in [0.25, 0.3) is 0 Å². The molecule has 0 saturated carbocycles. The molecule has 21 heavy (non-hydrogen) atoms. The van der Waals surface area contributed by atoms with Crippen LogP contribution in [0.1, 0.15) is 44.7 Å². The molecule has 1 fully saturated rings. The molecule has 1 aliphatic heterocycles. The lowest BCUT2D eigenvalue weighted by Gasteiger charge is -2.27. The van der Waals surface area contributed by atoms with Gasteiger partial charge in [0.2, 0.25) is 0 Å². The van der Waals surface area contributed by atoms with Crippen LogP contribution < -0.4 is 5.32 Å². The largest absolute Gasteiger partial charge is 0.395 e. The van der Waals surface area contributed by atoms with Gasteiger partial charge in [0.1, 0.15) is 0 Å². The Balaban J connectivity index is 1.93. The predicted octanol–water partition coefficient (Wildman–Crippen LogP) is 2.82. The fourth-order valence-corrected chi connectivity index (χ4v) is 3.35. The van der Waals surface area contributed by atoms with Gasteiger partial charge in [0, 0.05) is 18.6 Å². The zero-order chi connectivity index (χ0) is 15.1. The second kappa shape index (κ2) is 8.52. The molecule has 1 aromatic carbocycles. The van der Waals surface area contributed by atoms with Crippen molar-refractivity contribution in [3.05, 3.63) is 35.9 Å². The second-order valence-electron chi connectivity index (χ2n) is 6.26. The molecule has 3 atom stereocenters. The van der Waals surface area contributed by atoms with E-state index in [9.17, 15) is 5.11 Å². The number of aliphatic hydroxyl groups excluding tert-OH is 1. The Hall–Kier alpha value is -0.900. The summed E-state index contributed by atoms with van der Waals surface area (Å²) in [7, 11) is 0. The summed E-state index contributed by atoms with van der Waals surface area (Å²) in [6, 6.07) is 11.5. The molecule has 2 N–H and O–H groups in total.